The van der Waals surface area contributed by atoms with Gasteiger partial charge in [-0.1, -0.05) is 0 Å². The highest BCUT2D eigenvalue weighted by atomic mass is 35.5. The molecular formula is C6H12ClNO2S. The van der Waals surface area contributed by atoms with E-state index in [9.17, 15) is 9.00 Å². The molecule has 2 unspecified atom stereocenters. The van der Waals surface area contributed by atoms with Crippen molar-refractivity contribution in [3.05, 3.63) is 0 Å². The van der Waals surface area contributed by atoms with Crippen LogP contribution in [0.5, 0.6) is 0 Å². The molecule has 66 valence electrons. The summed E-state index contributed by atoms with van der Waals surface area (Å²) in [5.74, 6) is 0.467. The number of nitrogens with zero attached hydrogens (tertiary/aromatic N) is 1. The van der Waals surface area contributed by atoms with Gasteiger partial charge in [0.1, 0.15) is 0 Å². The lowest BCUT2D eigenvalue weighted by atomic mass is 10.4. The zero-order chi connectivity index (χ0) is 9.02. The standard InChI is InChI=1S/C6H12ClNO2S/c1-5(4-11(3)10)8(2)6(7)9/h5H,4H2,1-3H3. The van der Waals surface area contributed by atoms with Crippen LogP contribution in [0.1, 0.15) is 6.92 Å². The quantitative estimate of drug-likeness (QED) is 0.501. The highest BCUT2D eigenvalue weighted by molar-refractivity contribution is 7.84. The Kier molecular flexibility index (Phi) is 4.68. The Hall–Kier alpha value is -0.0900. The molecule has 0 heterocycles. The van der Waals surface area contributed by atoms with Gasteiger partial charge in [0.25, 0.3) is 0 Å². The van der Waals surface area contributed by atoms with E-state index in [1.807, 2.05) is 6.92 Å². The van der Waals surface area contributed by atoms with Gasteiger partial charge in [0.2, 0.25) is 0 Å². The highest BCUT2D eigenvalue weighted by Gasteiger charge is 2.13. The third kappa shape index (κ3) is 4.37. The van der Waals surface area contributed by atoms with Gasteiger partial charge in [-0.2, -0.15) is 0 Å². The first-order valence-electron chi connectivity index (χ1n) is 3.17. The van der Waals surface area contributed by atoms with E-state index in [1.165, 1.54) is 4.90 Å². The summed E-state index contributed by atoms with van der Waals surface area (Å²) in [6, 6.07) is -0.0640. The monoisotopic (exact) mass is 197 g/mol. The first kappa shape index (κ1) is 10.9. The predicted molar refractivity (Wildman–Crippen MR) is 47.4 cm³/mol. The van der Waals surface area contributed by atoms with Gasteiger partial charge >= 0.3 is 5.37 Å². The predicted octanol–water partition coefficient (Wildman–Crippen LogP) is 1.04. The lowest BCUT2D eigenvalue weighted by Gasteiger charge is -2.20. The van der Waals surface area contributed by atoms with Crippen LogP contribution < -0.4 is 0 Å². The number of hydrogen-bond acceptors (Lipinski definition) is 2. The summed E-state index contributed by atoms with van der Waals surface area (Å²) in [6.45, 7) is 1.81. The zero-order valence-electron chi connectivity index (χ0n) is 6.83. The summed E-state index contributed by atoms with van der Waals surface area (Å²) in [5.41, 5.74) is 0. The number of carbonyl (C=O) groups is 1. The molecule has 0 rings (SSSR count). The zero-order valence-corrected chi connectivity index (χ0v) is 8.41. The average Bonchev–Trinajstić information content (AvgIpc) is 1.84. The molecule has 0 aliphatic heterocycles. The fourth-order valence-electron chi connectivity index (χ4n) is 0.625. The highest BCUT2D eigenvalue weighted by Crippen LogP contribution is 2.01. The lowest BCUT2D eigenvalue weighted by molar-refractivity contribution is 0.222. The Morgan fingerprint density at radius 1 is 1.73 bits per heavy atom. The molecule has 0 radical (unpaired) electrons. The molecule has 0 aromatic heterocycles. The summed E-state index contributed by atoms with van der Waals surface area (Å²) in [7, 11) is 0.705. The van der Waals surface area contributed by atoms with Gasteiger partial charge in [0.05, 0.1) is 0 Å². The van der Waals surface area contributed by atoms with Gasteiger partial charge in [-0.25, -0.2) is 0 Å². The Morgan fingerprint density at radius 2 is 2.18 bits per heavy atom. The maximum Gasteiger partial charge on any atom is 0.316 e. The number of carbonyl (C=O) groups excluding carboxylic acids is 1. The topological polar surface area (TPSA) is 37.4 Å². The molecule has 0 aromatic carbocycles. The second-order valence-corrected chi connectivity index (χ2v) is 4.26. The van der Waals surface area contributed by atoms with Gasteiger partial charge in [0.15, 0.2) is 0 Å². The van der Waals surface area contributed by atoms with E-state index in [0.717, 1.165) is 0 Å². The second-order valence-electron chi connectivity index (χ2n) is 2.45. The summed E-state index contributed by atoms with van der Waals surface area (Å²) >= 11 is 5.19. The third-order valence-corrected chi connectivity index (χ3v) is 2.63. The van der Waals surface area contributed by atoms with Gasteiger partial charge < -0.3 is 4.90 Å². The van der Waals surface area contributed by atoms with Crippen molar-refractivity contribution in [3.63, 3.8) is 0 Å². The van der Waals surface area contributed by atoms with Crippen LogP contribution in [0, 0.1) is 0 Å². The molecule has 0 fully saturated rings. The van der Waals surface area contributed by atoms with Crippen LogP contribution in [-0.2, 0) is 10.8 Å². The number of halogens is 1. The van der Waals surface area contributed by atoms with Gasteiger partial charge in [0, 0.05) is 35.9 Å². The van der Waals surface area contributed by atoms with Crippen molar-refractivity contribution < 1.29 is 9.00 Å². The SMILES string of the molecule is CC(CS(C)=O)N(C)C(=O)Cl. The van der Waals surface area contributed by atoms with Gasteiger partial charge in [-0.3, -0.25) is 9.00 Å². The van der Waals surface area contributed by atoms with E-state index >= 15 is 0 Å². The molecule has 2 atom stereocenters. The summed E-state index contributed by atoms with van der Waals surface area (Å²) in [5, 5.41) is -0.511. The minimum Gasteiger partial charge on any atom is -0.329 e. The number of hydrogen-bond donors (Lipinski definition) is 0. The smallest absolute Gasteiger partial charge is 0.316 e. The van der Waals surface area contributed by atoms with Crippen molar-refractivity contribution in [2.45, 2.75) is 13.0 Å². The summed E-state index contributed by atoms with van der Waals surface area (Å²) < 4.78 is 10.7. The molecule has 1 amide bonds. The van der Waals surface area contributed by atoms with Crippen molar-refractivity contribution >= 4 is 27.8 Å². The molecule has 5 heteroatoms. The Labute approximate surface area is 74.2 Å². The minimum absolute atomic E-state index is 0.0640. The maximum absolute atomic E-state index is 10.7. The van der Waals surface area contributed by atoms with Gasteiger partial charge in [-0.15, -0.1) is 0 Å². The fourth-order valence-corrected chi connectivity index (χ4v) is 1.69. The Bertz CT molecular complexity index is 174. The van der Waals surface area contributed by atoms with E-state index in [2.05, 4.69) is 0 Å². The maximum atomic E-state index is 10.7. The first-order chi connectivity index (χ1) is 4.95. The van der Waals surface area contributed by atoms with Crippen LogP contribution in [-0.4, -0.2) is 39.6 Å². The third-order valence-electron chi connectivity index (χ3n) is 1.41. The van der Waals surface area contributed by atoms with Gasteiger partial charge in [-0.05, 0) is 18.5 Å². The average molecular weight is 198 g/mol. The largest absolute Gasteiger partial charge is 0.329 e. The summed E-state index contributed by atoms with van der Waals surface area (Å²) in [6.07, 6.45) is 1.60. The molecule has 0 bridgehead atoms. The molecule has 0 aromatic rings. The molecule has 11 heavy (non-hydrogen) atoms. The Morgan fingerprint density at radius 3 is 2.45 bits per heavy atom. The molecule has 0 aliphatic carbocycles. The van der Waals surface area contributed by atoms with Crippen LogP contribution >= 0.6 is 11.6 Å². The van der Waals surface area contributed by atoms with E-state index in [-0.39, 0.29) is 6.04 Å². The molecule has 0 saturated carbocycles. The van der Waals surface area contributed by atoms with E-state index in [1.54, 1.807) is 13.3 Å². The number of amides is 1. The molecule has 3 nitrogen and oxygen atoms in total. The van der Waals surface area contributed by atoms with E-state index < -0.39 is 16.2 Å². The second kappa shape index (κ2) is 4.72. The Balaban J connectivity index is 3.92. The van der Waals surface area contributed by atoms with Crippen LogP contribution in [0.2, 0.25) is 0 Å². The minimum atomic E-state index is -0.885. The number of rotatable bonds is 3. The van der Waals surface area contributed by atoms with E-state index in [4.69, 9.17) is 11.6 Å². The van der Waals surface area contributed by atoms with Crippen LogP contribution in [0.4, 0.5) is 4.79 Å². The molecule has 0 spiro atoms. The first-order valence-corrected chi connectivity index (χ1v) is 5.28. The molecular weight excluding hydrogens is 186 g/mol. The fraction of sp³-hybridized carbons (Fsp3) is 0.833. The lowest BCUT2D eigenvalue weighted by Crippen LogP contribution is -2.35. The van der Waals surface area contributed by atoms with Crippen molar-refractivity contribution in [1.82, 2.24) is 4.90 Å². The molecule has 0 saturated heterocycles. The van der Waals surface area contributed by atoms with Crippen LogP contribution in [0.3, 0.4) is 0 Å². The van der Waals surface area contributed by atoms with Crippen molar-refractivity contribution in [2.75, 3.05) is 19.1 Å². The van der Waals surface area contributed by atoms with Crippen molar-refractivity contribution in [3.8, 4) is 0 Å². The van der Waals surface area contributed by atoms with Crippen molar-refractivity contribution in [1.29, 1.82) is 0 Å². The van der Waals surface area contributed by atoms with Crippen LogP contribution in [0.25, 0.3) is 0 Å². The van der Waals surface area contributed by atoms with Crippen LogP contribution in [0.15, 0.2) is 0 Å². The molecule has 0 aliphatic rings. The molecule has 0 N–H and O–H groups in total. The van der Waals surface area contributed by atoms with E-state index in [0.29, 0.717) is 5.75 Å². The van der Waals surface area contributed by atoms with Crippen molar-refractivity contribution in [2.24, 2.45) is 0 Å². The summed E-state index contributed by atoms with van der Waals surface area (Å²) in [4.78, 5) is 11.9. The normalized spacial score (nSPS) is 15.6.